The highest BCUT2D eigenvalue weighted by Crippen LogP contribution is 2.17. The highest BCUT2D eigenvalue weighted by molar-refractivity contribution is 5.79. The minimum Gasteiger partial charge on any atom is -0.354 e. The average molecular weight is 328 g/mol. The van der Waals surface area contributed by atoms with Gasteiger partial charge in [0.05, 0.1) is 11.0 Å². The summed E-state index contributed by atoms with van der Waals surface area (Å²) in [6, 6.07) is 4.16. The first-order valence-corrected chi connectivity index (χ1v) is 8.53. The third-order valence-corrected chi connectivity index (χ3v) is 4.61. The van der Waals surface area contributed by atoms with Gasteiger partial charge < -0.3 is 15.2 Å². The van der Waals surface area contributed by atoms with E-state index in [9.17, 15) is 9.59 Å². The van der Waals surface area contributed by atoms with Gasteiger partial charge >= 0.3 is 0 Å². The van der Waals surface area contributed by atoms with Crippen molar-refractivity contribution in [1.82, 2.24) is 20.2 Å². The number of amides is 2. The Kier molecular flexibility index (Phi) is 4.83. The third-order valence-electron chi connectivity index (χ3n) is 4.61. The fourth-order valence-corrected chi connectivity index (χ4v) is 3.03. The second kappa shape index (κ2) is 7.03. The molecule has 0 bridgehead atoms. The van der Waals surface area contributed by atoms with E-state index >= 15 is 0 Å². The lowest BCUT2D eigenvalue weighted by molar-refractivity contribution is -0.128. The molecule has 1 aromatic carbocycles. The van der Waals surface area contributed by atoms with E-state index in [0.29, 0.717) is 32.4 Å². The van der Waals surface area contributed by atoms with Crippen molar-refractivity contribution in [2.45, 2.75) is 39.5 Å². The van der Waals surface area contributed by atoms with Gasteiger partial charge in [-0.1, -0.05) is 0 Å². The van der Waals surface area contributed by atoms with Crippen molar-refractivity contribution in [3.05, 3.63) is 29.1 Å². The normalized spacial score (nSPS) is 14.6. The summed E-state index contributed by atoms with van der Waals surface area (Å²) in [5.41, 5.74) is 4.41. The lowest BCUT2D eigenvalue weighted by atomic mass is 10.1. The Morgan fingerprint density at radius 3 is 2.88 bits per heavy atom. The topological polar surface area (TPSA) is 78.1 Å². The van der Waals surface area contributed by atoms with Crippen molar-refractivity contribution >= 4 is 22.8 Å². The number of hydrogen-bond donors (Lipinski definition) is 2. The molecule has 6 nitrogen and oxygen atoms in total. The number of carbonyl (C=O) groups is 2. The molecular formula is C18H24N4O2. The molecule has 0 aliphatic carbocycles. The molecule has 1 aliphatic rings. The first-order valence-electron chi connectivity index (χ1n) is 8.53. The van der Waals surface area contributed by atoms with Crippen LogP contribution in [0.4, 0.5) is 0 Å². The summed E-state index contributed by atoms with van der Waals surface area (Å²) < 4.78 is 0. The number of hydrogen-bond acceptors (Lipinski definition) is 3. The van der Waals surface area contributed by atoms with Crippen LogP contribution in [0.3, 0.4) is 0 Å². The molecule has 128 valence electrons. The molecule has 2 aromatic rings. The Bertz CT molecular complexity index is 727. The van der Waals surface area contributed by atoms with Crippen LogP contribution in [-0.2, 0) is 16.0 Å². The van der Waals surface area contributed by atoms with Gasteiger partial charge in [-0.25, -0.2) is 4.98 Å². The molecule has 0 spiro atoms. The number of rotatable bonds is 6. The number of likely N-dealkylation sites (tertiary alicyclic amines) is 1. The summed E-state index contributed by atoms with van der Waals surface area (Å²) in [7, 11) is 0. The van der Waals surface area contributed by atoms with E-state index in [1.54, 1.807) is 0 Å². The van der Waals surface area contributed by atoms with Crippen LogP contribution in [0.5, 0.6) is 0 Å². The summed E-state index contributed by atoms with van der Waals surface area (Å²) in [6.07, 6.45) is 2.55. The van der Waals surface area contributed by atoms with Gasteiger partial charge in [0.2, 0.25) is 11.8 Å². The number of H-pyrrole nitrogens is 1. The third kappa shape index (κ3) is 3.75. The van der Waals surface area contributed by atoms with Crippen molar-refractivity contribution in [2.24, 2.45) is 0 Å². The van der Waals surface area contributed by atoms with Gasteiger partial charge in [-0.2, -0.15) is 0 Å². The average Bonchev–Trinajstić information content (AvgIpc) is 3.12. The molecule has 1 saturated heterocycles. The summed E-state index contributed by atoms with van der Waals surface area (Å²) in [5.74, 6) is 1.02. The molecule has 24 heavy (non-hydrogen) atoms. The number of aryl methyl sites for hydroxylation is 3. The van der Waals surface area contributed by atoms with Gasteiger partial charge in [0, 0.05) is 38.9 Å². The maximum absolute atomic E-state index is 11.9. The molecular weight excluding hydrogens is 304 g/mol. The van der Waals surface area contributed by atoms with E-state index in [1.807, 2.05) is 4.90 Å². The monoisotopic (exact) mass is 328 g/mol. The van der Waals surface area contributed by atoms with Crippen molar-refractivity contribution in [2.75, 3.05) is 19.6 Å². The fourth-order valence-electron chi connectivity index (χ4n) is 3.03. The minimum absolute atomic E-state index is 0.00513. The maximum Gasteiger partial charge on any atom is 0.222 e. The minimum atomic E-state index is -0.00513. The summed E-state index contributed by atoms with van der Waals surface area (Å²) in [4.78, 5) is 33.1. The molecule has 6 heteroatoms. The van der Waals surface area contributed by atoms with Crippen molar-refractivity contribution < 1.29 is 9.59 Å². The van der Waals surface area contributed by atoms with Gasteiger partial charge in [0.1, 0.15) is 5.82 Å². The summed E-state index contributed by atoms with van der Waals surface area (Å²) >= 11 is 0. The summed E-state index contributed by atoms with van der Waals surface area (Å²) in [5, 5.41) is 2.88. The quantitative estimate of drug-likeness (QED) is 0.849. The van der Waals surface area contributed by atoms with Crippen LogP contribution in [0.1, 0.15) is 36.2 Å². The smallest absolute Gasteiger partial charge is 0.222 e. The number of aromatic nitrogens is 2. The van der Waals surface area contributed by atoms with Crippen LogP contribution in [-0.4, -0.2) is 46.3 Å². The van der Waals surface area contributed by atoms with Crippen molar-refractivity contribution in [3.63, 3.8) is 0 Å². The van der Waals surface area contributed by atoms with Gasteiger partial charge in [0.15, 0.2) is 0 Å². The summed E-state index contributed by atoms with van der Waals surface area (Å²) in [6.45, 7) is 6.08. The van der Waals surface area contributed by atoms with Crippen molar-refractivity contribution in [1.29, 1.82) is 0 Å². The van der Waals surface area contributed by atoms with Gasteiger partial charge in [0.25, 0.3) is 0 Å². The predicted molar refractivity (Wildman–Crippen MR) is 92.7 cm³/mol. The van der Waals surface area contributed by atoms with E-state index in [4.69, 9.17) is 0 Å². The number of carbonyl (C=O) groups excluding carboxylic acids is 2. The zero-order chi connectivity index (χ0) is 17.1. The number of imidazole rings is 1. The van der Waals surface area contributed by atoms with Crippen LogP contribution >= 0.6 is 0 Å². The number of aromatic amines is 1. The largest absolute Gasteiger partial charge is 0.354 e. The van der Waals surface area contributed by atoms with Gasteiger partial charge in [-0.3, -0.25) is 9.59 Å². The fraction of sp³-hybridized carbons (Fsp3) is 0.500. The first kappa shape index (κ1) is 16.5. The van der Waals surface area contributed by atoms with E-state index < -0.39 is 0 Å². The maximum atomic E-state index is 11.9. The van der Waals surface area contributed by atoms with E-state index in [1.165, 1.54) is 11.1 Å². The second-order valence-corrected chi connectivity index (χ2v) is 6.47. The van der Waals surface area contributed by atoms with Gasteiger partial charge in [-0.05, 0) is 43.5 Å². The predicted octanol–water partition coefficient (Wildman–Crippen LogP) is 1.85. The number of fused-ring (bicyclic) bond motifs is 1. The van der Waals surface area contributed by atoms with E-state index in [2.05, 4.69) is 41.3 Å². The van der Waals surface area contributed by atoms with Crippen LogP contribution in [0, 0.1) is 13.8 Å². The standard InChI is InChI=1S/C18H24N4O2/c1-12-10-14-15(11-13(12)2)21-16(20-14)5-6-17(23)19-7-9-22-8-3-4-18(22)24/h10-11H,3-9H2,1-2H3,(H,19,23)(H,20,21). The lowest BCUT2D eigenvalue weighted by Gasteiger charge is -2.15. The highest BCUT2D eigenvalue weighted by atomic mass is 16.2. The number of nitrogens with zero attached hydrogens (tertiary/aromatic N) is 2. The molecule has 0 unspecified atom stereocenters. The van der Waals surface area contributed by atoms with Crippen molar-refractivity contribution in [3.8, 4) is 0 Å². The zero-order valence-corrected chi connectivity index (χ0v) is 14.3. The van der Waals surface area contributed by atoms with Crippen LogP contribution < -0.4 is 5.32 Å². The number of benzene rings is 1. The molecule has 0 saturated carbocycles. The molecule has 0 radical (unpaired) electrons. The Hall–Kier alpha value is -2.37. The Morgan fingerprint density at radius 1 is 1.33 bits per heavy atom. The first-order chi connectivity index (χ1) is 11.5. The zero-order valence-electron chi connectivity index (χ0n) is 14.3. The SMILES string of the molecule is Cc1cc2nc(CCC(=O)NCCN3CCCC3=O)[nH]c2cc1C. The van der Waals surface area contributed by atoms with E-state index in [0.717, 1.165) is 29.8 Å². The van der Waals surface area contributed by atoms with Crippen LogP contribution in [0.25, 0.3) is 11.0 Å². The Labute approximate surface area is 141 Å². The highest BCUT2D eigenvalue weighted by Gasteiger charge is 2.19. The lowest BCUT2D eigenvalue weighted by Crippen LogP contribution is -2.35. The van der Waals surface area contributed by atoms with E-state index in [-0.39, 0.29) is 11.8 Å². The molecule has 2 heterocycles. The molecule has 3 rings (SSSR count). The molecule has 2 N–H and O–H groups in total. The van der Waals surface area contributed by atoms with Gasteiger partial charge in [-0.15, -0.1) is 0 Å². The molecule has 0 atom stereocenters. The molecule has 1 aromatic heterocycles. The van der Waals surface area contributed by atoms with Crippen LogP contribution in [0.2, 0.25) is 0 Å². The second-order valence-electron chi connectivity index (χ2n) is 6.47. The Balaban J connectivity index is 1.46. The van der Waals surface area contributed by atoms with Crippen LogP contribution in [0.15, 0.2) is 12.1 Å². The Morgan fingerprint density at radius 2 is 2.12 bits per heavy atom. The molecule has 1 aliphatic heterocycles. The molecule has 1 fully saturated rings. The number of nitrogens with one attached hydrogen (secondary N) is 2. The molecule has 2 amide bonds.